The highest BCUT2D eigenvalue weighted by atomic mass is 32.2. The number of benzene rings is 1. The fraction of sp³-hybridized carbons (Fsp3) is 0.393. The smallest absolute Gasteiger partial charge is 0.295 e. The SMILES string of the molecule is Cc1ncnc(C2CC2)c1-c1ncc2nc(NCc3ccc(S(=O)CC#N)cc3)c(=O)n([C@@H](C)C3CC3)c2n1. The van der Waals surface area contributed by atoms with Crippen LogP contribution in [0.15, 0.2) is 46.5 Å². The molecule has 0 saturated heterocycles. The maximum Gasteiger partial charge on any atom is 0.295 e. The van der Waals surface area contributed by atoms with E-state index in [1.807, 2.05) is 25.1 Å². The standard InChI is InChI=1S/C28H28N8O2S/c1-16-23(24(20-7-8-20)33-15-32-16)25-31-14-22-27(35-25)36(17(2)19-5-6-19)28(37)26(34-22)30-13-18-3-9-21(10-4-18)39(38)12-11-29/h3-4,9-10,14-15,17,19-20H,5-8,12-13H2,1-2H3,(H,30,34)/t17-,39?/m0/s1. The summed E-state index contributed by atoms with van der Waals surface area (Å²) in [6, 6.07) is 9.05. The van der Waals surface area contributed by atoms with Gasteiger partial charge < -0.3 is 5.32 Å². The molecule has 198 valence electrons. The van der Waals surface area contributed by atoms with Gasteiger partial charge >= 0.3 is 0 Å². The highest BCUT2D eigenvalue weighted by molar-refractivity contribution is 7.85. The zero-order chi connectivity index (χ0) is 27.1. The van der Waals surface area contributed by atoms with E-state index < -0.39 is 10.8 Å². The summed E-state index contributed by atoms with van der Waals surface area (Å²) in [7, 11) is -1.35. The Hall–Kier alpha value is -4.04. The van der Waals surface area contributed by atoms with Crippen LogP contribution in [0.4, 0.5) is 5.82 Å². The van der Waals surface area contributed by atoms with Crippen LogP contribution in [0.5, 0.6) is 0 Å². The lowest BCUT2D eigenvalue weighted by Crippen LogP contribution is -2.29. The number of rotatable bonds is 9. The van der Waals surface area contributed by atoms with Crippen LogP contribution in [-0.4, -0.2) is 39.4 Å². The molecule has 6 rings (SSSR count). The Morgan fingerprint density at radius 1 is 1.13 bits per heavy atom. The minimum Gasteiger partial charge on any atom is -0.361 e. The van der Waals surface area contributed by atoms with Gasteiger partial charge in [0.15, 0.2) is 17.3 Å². The maximum absolute atomic E-state index is 13.8. The zero-order valence-corrected chi connectivity index (χ0v) is 22.6. The number of nitriles is 1. The average molecular weight is 541 g/mol. The van der Waals surface area contributed by atoms with Gasteiger partial charge in [0, 0.05) is 23.4 Å². The van der Waals surface area contributed by atoms with E-state index in [1.54, 1.807) is 29.2 Å². The number of aromatic nitrogens is 6. The van der Waals surface area contributed by atoms with Crippen LogP contribution in [0.3, 0.4) is 0 Å². The summed E-state index contributed by atoms with van der Waals surface area (Å²) in [5.74, 6) is 1.54. The summed E-state index contributed by atoms with van der Waals surface area (Å²) in [6.45, 7) is 4.37. The van der Waals surface area contributed by atoms with E-state index in [1.165, 1.54) is 0 Å². The van der Waals surface area contributed by atoms with Crippen molar-refractivity contribution in [1.82, 2.24) is 29.5 Å². The number of hydrogen-bond acceptors (Lipinski definition) is 9. The van der Waals surface area contributed by atoms with E-state index in [9.17, 15) is 9.00 Å². The Morgan fingerprint density at radius 3 is 2.59 bits per heavy atom. The molecule has 0 aliphatic heterocycles. The number of hydrogen-bond donors (Lipinski definition) is 1. The lowest BCUT2D eigenvalue weighted by molar-refractivity contribution is 0.482. The molecule has 4 aromatic rings. The van der Waals surface area contributed by atoms with Gasteiger partial charge in [-0.3, -0.25) is 13.6 Å². The second kappa shape index (κ2) is 10.3. The molecule has 1 N–H and O–H groups in total. The Morgan fingerprint density at radius 2 is 1.90 bits per heavy atom. The van der Waals surface area contributed by atoms with Crippen molar-refractivity contribution >= 4 is 27.8 Å². The molecule has 1 aromatic carbocycles. The van der Waals surface area contributed by atoms with Gasteiger partial charge in [0.2, 0.25) is 0 Å². The molecule has 0 bridgehead atoms. The molecule has 2 atom stereocenters. The summed E-state index contributed by atoms with van der Waals surface area (Å²) in [6.07, 6.45) is 7.62. The Kier molecular flexibility index (Phi) is 6.64. The van der Waals surface area contributed by atoms with Crippen molar-refractivity contribution in [2.24, 2.45) is 5.92 Å². The quantitative estimate of drug-likeness (QED) is 0.333. The van der Waals surface area contributed by atoms with E-state index in [0.29, 0.717) is 40.3 Å². The fourth-order valence-corrected chi connectivity index (χ4v) is 5.65. The predicted octanol–water partition coefficient (Wildman–Crippen LogP) is 4.04. The first-order chi connectivity index (χ1) is 18.9. The predicted molar refractivity (Wildman–Crippen MR) is 147 cm³/mol. The molecule has 10 nitrogen and oxygen atoms in total. The third-order valence-corrected chi connectivity index (χ3v) is 8.63. The van der Waals surface area contributed by atoms with Gasteiger partial charge in [0.05, 0.1) is 40.0 Å². The molecular weight excluding hydrogens is 512 g/mol. The van der Waals surface area contributed by atoms with E-state index in [2.05, 4.69) is 32.2 Å². The van der Waals surface area contributed by atoms with Crippen LogP contribution >= 0.6 is 0 Å². The van der Waals surface area contributed by atoms with Crippen molar-refractivity contribution in [3.63, 3.8) is 0 Å². The number of fused-ring (bicyclic) bond motifs is 1. The first-order valence-corrected chi connectivity index (χ1v) is 14.5. The number of nitrogens with zero attached hydrogens (tertiary/aromatic N) is 7. The summed E-state index contributed by atoms with van der Waals surface area (Å²) in [5, 5.41) is 12.0. The monoisotopic (exact) mass is 540 g/mol. The van der Waals surface area contributed by atoms with Crippen molar-refractivity contribution in [3.8, 4) is 17.5 Å². The Bertz CT molecular complexity index is 1690. The van der Waals surface area contributed by atoms with Gasteiger partial charge in [0.1, 0.15) is 17.6 Å². The molecule has 2 aliphatic carbocycles. The first-order valence-electron chi connectivity index (χ1n) is 13.1. The first kappa shape index (κ1) is 25.2. The van der Waals surface area contributed by atoms with Crippen LogP contribution < -0.4 is 10.9 Å². The highest BCUT2D eigenvalue weighted by Crippen LogP contribution is 2.43. The van der Waals surface area contributed by atoms with Crippen LogP contribution in [0.25, 0.3) is 22.6 Å². The van der Waals surface area contributed by atoms with Gasteiger partial charge in [-0.25, -0.2) is 24.9 Å². The molecule has 0 radical (unpaired) electrons. The van der Waals surface area contributed by atoms with Gasteiger partial charge in [-0.15, -0.1) is 0 Å². The maximum atomic E-state index is 13.8. The lowest BCUT2D eigenvalue weighted by atomic mass is 10.1. The van der Waals surface area contributed by atoms with E-state index >= 15 is 0 Å². The summed E-state index contributed by atoms with van der Waals surface area (Å²) in [4.78, 5) is 37.5. The molecule has 2 fully saturated rings. The molecule has 3 aromatic heterocycles. The highest BCUT2D eigenvalue weighted by Gasteiger charge is 2.33. The van der Waals surface area contributed by atoms with Gasteiger partial charge in [-0.2, -0.15) is 5.26 Å². The Labute approximate surface area is 228 Å². The molecule has 11 heteroatoms. The van der Waals surface area contributed by atoms with Crippen molar-refractivity contribution in [1.29, 1.82) is 5.26 Å². The minimum absolute atomic E-state index is 0.0308. The van der Waals surface area contributed by atoms with Crippen molar-refractivity contribution in [3.05, 3.63) is 64.1 Å². The van der Waals surface area contributed by atoms with Crippen LogP contribution in [0.2, 0.25) is 0 Å². The van der Waals surface area contributed by atoms with Crippen molar-refractivity contribution < 1.29 is 4.21 Å². The molecular formula is C28H28N8O2S. The largest absolute Gasteiger partial charge is 0.361 e. The Balaban J connectivity index is 1.37. The van der Waals surface area contributed by atoms with Crippen LogP contribution in [0, 0.1) is 24.2 Å². The number of nitrogens with one attached hydrogen (secondary N) is 1. The second-order valence-electron chi connectivity index (χ2n) is 10.3. The van der Waals surface area contributed by atoms with Gasteiger partial charge in [-0.05, 0) is 63.1 Å². The third-order valence-electron chi connectivity index (χ3n) is 7.44. The topological polar surface area (TPSA) is 139 Å². The van der Waals surface area contributed by atoms with Crippen molar-refractivity contribution in [2.45, 2.75) is 62.9 Å². The normalized spacial score (nSPS) is 16.5. The number of aryl methyl sites for hydroxylation is 1. The van der Waals surface area contributed by atoms with Gasteiger partial charge in [-0.1, -0.05) is 12.1 Å². The zero-order valence-electron chi connectivity index (χ0n) is 21.8. The molecule has 0 amide bonds. The molecule has 39 heavy (non-hydrogen) atoms. The number of anilines is 1. The third kappa shape index (κ3) is 5.04. The van der Waals surface area contributed by atoms with Crippen LogP contribution in [0.1, 0.15) is 61.5 Å². The average Bonchev–Trinajstić information content (AvgIpc) is 3.85. The van der Waals surface area contributed by atoms with Crippen molar-refractivity contribution in [2.75, 3.05) is 11.1 Å². The summed E-state index contributed by atoms with van der Waals surface area (Å²) in [5.41, 5.74) is 4.38. The molecule has 3 heterocycles. The molecule has 2 aliphatic rings. The molecule has 0 spiro atoms. The molecule has 1 unspecified atom stereocenters. The van der Waals surface area contributed by atoms with E-state index in [0.717, 1.165) is 48.2 Å². The summed E-state index contributed by atoms with van der Waals surface area (Å²) >= 11 is 0. The minimum atomic E-state index is -1.35. The lowest BCUT2D eigenvalue weighted by Gasteiger charge is -2.19. The fourth-order valence-electron chi connectivity index (χ4n) is 4.93. The van der Waals surface area contributed by atoms with Crippen LogP contribution in [-0.2, 0) is 17.3 Å². The van der Waals surface area contributed by atoms with E-state index in [-0.39, 0.29) is 23.2 Å². The van der Waals surface area contributed by atoms with Gasteiger partial charge in [0.25, 0.3) is 5.56 Å². The summed E-state index contributed by atoms with van der Waals surface area (Å²) < 4.78 is 13.8. The van der Waals surface area contributed by atoms with E-state index in [4.69, 9.17) is 10.2 Å². The second-order valence-corrected chi connectivity index (χ2v) is 11.7. The molecule has 2 saturated carbocycles.